The van der Waals surface area contributed by atoms with E-state index in [-0.39, 0.29) is 5.41 Å². The van der Waals surface area contributed by atoms with Gasteiger partial charge in [-0.15, -0.1) is 0 Å². The van der Waals surface area contributed by atoms with E-state index in [0.29, 0.717) is 0 Å². The maximum atomic E-state index is 10.5. The van der Waals surface area contributed by atoms with E-state index >= 15 is 0 Å². The number of benzene rings is 2. The van der Waals surface area contributed by atoms with E-state index in [4.69, 9.17) is 4.74 Å². The highest BCUT2D eigenvalue weighted by atomic mass is 16.5. The summed E-state index contributed by atoms with van der Waals surface area (Å²) in [5.74, 6) is 0.780. The molecule has 0 radical (unpaired) electrons. The van der Waals surface area contributed by atoms with Crippen molar-refractivity contribution in [2.45, 2.75) is 32.3 Å². The molecule has 0 saturated heterocycles. The van der Waals surface area contributed by atoms with Crippen LogP contribution in [0.15, 0.2) is 48.5 Å². The van der Waals surface area contributed by atoms with Crippen LogP contribution in [0.3, 0.4) is 0 Å². The smallest absolute Gasteiger partial charge is 0.119 e. The van der Waals surface area contributed by atoms with Gasteiger partial charge in [-0.2, -0.15) is 0 Å². The van der Waals surface area contributed by atoms with Gasteiger partial charge in [0.05, 0.1) is 7.11 Å². The highest BCUT2D eigenvalue weighted by Crippen LogP contribution is 2.31. The van der Waals surface area contributed by atoms with Gasteiger partial charge < -0.3 is 9.84 Å². The molecule has 2 rings (SSSR count). The maximum Gasteiger partial charge on any atom is 0.119 e. The van der Waals surface area contributed by atoms with E-state index in [0.717, 1.165) is 22.4 Å². The van der Waals surface area contributed by atoms with Crippen molar-refractivity contribution in [3.05, 3.63) is 65.2 Å². The molecule has 2 heteroatoms. The van der Waals surface area contributed by atoms with E-state index in [1.165, 1.54) is 0 Å². The average Bonchev–Trinajstić information content (AvgIpc) is 2.46. The third-order valence-electron chi connectivity index (χ3n) is 3.46. The first-order valence-corrected chi connectivity index (χ1v) is 6.84. The molecule has 0 fully saturated rings. The minimum absolute atomic E-state index is 0.0136. The van der Waals surface area contributed by atoms with Gasteiger partial charge >= 0.3 is 0 Å². The molecule has 2 aromatic carbocycles. The summed E-state index contributed by atoms with van der Waals surface area (Å²) in [6, 6.07) is 15.7. The summed E-state index contributed by atoms with van der Waals surface area (Å²) in [6.45, 7) is 6.46. The molecule has 2 nitrogen and oxygen atoms in total. The SMILES string of the molecule is COc1cc(C(O)c2ccccc2)cc(C(C)(C)C)c1. The predicted molar refractivity (Wildman–Crippen MR) is 82.2 cm³/mol. The molecule has 0 bridgehead atoms. The zero-order valence-electron chi connectivity index (χ0n) is 12.6. The van der Waals surface area contributed by atoms with Gasteiger partial charge in [0.15, 0.2) is 0 Å². The van der Waals surface area contributed by atoms with Crippen molar-refractivity contribution < 1.29 is 9.84 Å². The first kappa shape index (κ1) is 14.6. The summed E-state index contributed by atoms with van der Waals surface area (Å²) in [6.07, 6.45) is -0.632. The van der Waals surface area contributed by atoms with Gasteiger partial charge in [0, 0.05) is 0 Å². The minimum Gasteiger partial charge on any atom is -0.497 e. The second kappa shape index (κ2) is 5.68. The van der Waals surface area contributed by atoms with Crippen molar-refractivity contribution in [1.82, 2.24) is 0 Å². The molecule has 1 unspecified atom stereocenters. The zero-order chi connectivity index (χ0) is 14.8. The molecule has 1 atom stereocenters. The van der Waals surface area contributed by atoms with Crippen LogP contribution >= 0.6 is 0 Å². The number of ether oxygens (including phenoxy) is 1. The van der Waals surface area contributed by atoms with Crippen LogP contribution in [0, 0.1) is 0 Å². The lowest BCUT2D eigenvalue weighted by molar-refractivity contribution is 0.219. The van der Waals surface area contributed by atoms with E-state index in [1.54, 1.807) is 7.11 Å². The van der Waals surface area contributed by atoms with E-state index in [2.05, 4.69) is 26.8 Å². The normalized spacial score (nSPS) is 13.1. The lowest BCUT2D eigenvalue weighted by atomic mass is 9.85. The largest absolute Gasteiger partial charge is 0.497 e. The fraction of sp³-hybridized carbons (Fsp3) is 0.333. The maximum absolute atomic E-state index is 10.5. The molecule has 0 aliphatic heterocycles. The Morgan fingerprint density at radius 2 is 1.60 bits per heavy atom. The third-order valence-corrected chi connectivity index (χ3v) is 3.46. The lowest BCUT2D eigenvalue weighted by Gasteiger charge is -2.22. The lowest BCUT2D eigenvalue weighted by Crippen LogP contribution is -2.12. The van der Waals surface area contributed by atoms with Gasteiger partial charge in [-0.05, 0) is 34.2 Å². The summed E-state index contributed by atoms with van der Waals surface area (Å²) >= 11 is 0. The Hall–Kier alpha value is -1.80. The van der Waals surface area contributed by atoms with Crippen LogP contribution < -0.4 is 4.74 Å². The third kappa shape index (κ3) is 3.20. The van der Waals surface area contributed by atoms with Gasteiger partial charge in [-0.3, -0.25) is 0 Å². The molecule has 0 amide bonds. The summed E-state index contributed by atoms with van der Waals surface area (Å²) in [4.78, 5) is 0. The number of aliphatic hydroxyl groups excluding tert-OH is 1. The van der Waals surface area contributed by atoms with Crippen molar-refractivity contribution >= 4 is 0 Å². The fourth-order valence-electron chi connectivity index (χ4n) is 2.16. The van der Waals surface area contributed by atoms with E-state index < -0.39 is 6.10 Å². The van der Waals surface area contributed by atoms with Gasteiger partial charge in [-0.1, -0.05) is 57.2 Å². The number of methoxy groups -OCH3 is 1. The Balaban J connectivity index is 2.46. The topological polar surface area (TPSA) is 29.5 Å². The Bertz CT molecular complexity index is 568. The van der Waals surface area contributed by atoms with Crippen LogP contribution in [0.2, 0.25) is 0 Å². The standard InChI is InChI=1S/C18H22O2/c1-18(2,3)15-10-14(11-16(12-15)20-4)17(19)13-8-6-5-7-9-13/h5-12,17,19H,1-4H3. The van der Waals surface area contributed by atoms with Crippen molar-refractivity contribution in [2.75, 3.05) is 7.11 Å². The minimum atomic E-state index is -0.632. The van der Waals surface area contributed by atoms with Crippen LogP contribution in [0.1, 0.15) is 43.6 Å². The second-order valence-electron chi connectivity index (χ2n) is 6.06. The molecule has 1 N–H and O–H groups in total. The zero-order valence-corrected chi connectivity index (χ0v) is 12.6. The molecular weight excluding hydrogens is 248 g/mol. The van der Waals surface area contributed by atoms with Crippen LogP contribution in [-0.4, -0.2) is 12.2 Å². The van der Waals surface area contributed by atoms with Crippen molar-refractivity contribution in [1.29, 1.82) is 0 Å². The highest BCUT2D eigenvalue weighted by Gasteiger charge is 2.18. The monoisotopic (exact) mass is 270 g/mol. The number of aliphatic hydroxyl groups is 1. The molecular formula is C18H22O2. The molecule has 0 aliphatic carbocycles. The summed E-state index contributed by atoms with van der Waals surface area (Å²) in [5.41, 5.74) is 2.92. The van der Waals surface area contributed by atoms with Gasteiger partial charge in [-0.25, -0.2) is 0 Å². The molecule has 0 aromatic heterocycles. The average molecular weight is 270 g/mol. The fourth-order valence-corrected chi connectivity index (χ4v) is 2.16. The highest BCUT2D eigenvalue weighted by molar-refractivity contribution is 5.41. The first-order valence-electron chi connectivity index (χ1n) is 6.84. The molecule has 2 aromatic rings. The van der Waals surface area contributed by atoms with E-state index in [9.17, 15) is 5.11 Å². The van der Waals surface area contributed by atoms with Crippen LogP contribution in [0.25, 0.3) is 0 Å². The summed E-state index contributed by atoms with van der Waals surface area (Å²) < 4.78 is 5.37. The van der Waals surface area contributed by atoms with Crippen molar-refractivity contribution in [2.24, 2.45) is 0 Å². The van der Waals surface area contributed by atoms with Gasteiger partial charge in [0.1, 0.15) is 11.9 Å². The Labute approximate surface area is 121 Å². The van der Waals surface area contributed by atoms with Crippen molar-refractivity contribution in [3.63, 3.8) is 0 Å². The Morgan fingerprint density at radius 1 is 0.950 bits per heavy atom. The van der Waals surface area contributed by atoms with Crippen LogP contribution in [-0.2, 0) is 5.41 Å². The van der Waals surface area contributed by atoms with Gasteiger partial charge in [0.25, 0.3) is 0 Å². The van der Waals surface area contributed by atoms with Crippen LogP contribution in [0.5, 0.6) is 5.75 Å². The van der Waals surface area contributed by atoms with Crippen molar-refractivity contribution in [3.8, 4) is 5.75 Å². The number of rotatable bonds is 3. The quantitative estimate of drug-likeness (QED) is 0.910. The summed E-state index contributed by atoms with van der Waals surface area (Å²) in [5, 5.41) is 10.5. The number of hydrogen-bond acceptors (Lipinski definition) is 2. The number of hydrogen-bond donors (Lipinski definition) is 1. The Morgan fingerprint density at radius 3 is 2.15 bits per heavy atom. The molecule has 0 aliphatic rings. The second-order valence-corrected chi connectivity index (χ2v) is 6.06. The summed E-state index contributed by atoms with van der Waals surface area (Å²) in [7, 11) is 1.65. The van der Waals surface area contributed by atoms with E-state index in [1.807, 2.05) is 42.5 Å². The molecule has 0 saturated carbocycles. The molecule has 0 heterocycles. The molecule has 0 spiro atoms. The first-order chi connectivity index (χ1) is 9.41. The van der Waals surface area contributed by atoms with Gasteiger partial charge in [0.2, 0.25) is 0 Å². The van der Waals surface area contributed by atoms with Crippen LogP contribution in [0.4, 0.5) is 0 Å². The Kier molecular flexibility index (Phi) is 4.15. The molecule has 20 heavy (non-hydrogen) atoms. The molecule has 106 valence electrons. The predicted octanol–water partition coefficient (Wildman–Crippen LogP) is 4.07.